The van der Waals surface area contributed by atoms with Crippen molar-refractivity contribution < 1.29 is 19.6 Å². The van der Waals surface area contributed by atoms with Crippen molar-refractivity contribution in [2.24, 2.45) is 0 Å². The molecule has 0 amide bonds. The predicted octanol–water partition coefficient (Wildman–Crippen LogP) is 2.54. The van der Waals surface area contributed by atoms with Crippen LogP contribution in [-0.4, -0.2) is 16.0 Å². The molecule has 0 aliphatic heterocycles. The number of fused-ring (bicyclic) bond motifs is 1. The van der Waals surface area contributed by atoms with Gasteiger partial charge in [0.15, 0.2) is 0 Å². The van der Waals surface area contributed by atoms with Crippen molar-refractivity contribution in [2.75, 3.05) is 0 Å². The Labute approximate surface area is 107 Å². The van der Waals surface area contributed by atoms with E-state index in [2.05, 4.69) is 6.58 Å². The fraction of sp³-hybridized carbons (Fsp3) is 0. The first-order chi connectivity index (χ1) is 9.02. The van der Waals surface area contributed by atoms with Gasteiger partial charge >= 0.3 is 5.97 Å². The molecule has 2 aromatic rings. The van der Waals surface area contributed by atoms with Crippen LogP contribution in [0.4, 0.5) is 5.69 Å². The fourth-order valence-corrected chi connectivity index (χ4v) is 1.65. The summed E-state index contributed by atoms with van der Waals surface area (Å²) in [7, 11) is 0. The van der Waals surface area contributed by atoms with Crippen LogP contribution in [0.3, 0.4) is 0 Å². The zero-order valence-corrected chi connectivity index (χ0v) is 9.70. The van der Waals surface area contributed by atoms with Crippen molar-refractivity contribution in [3.8, 4) is 11.5 Å². The average Bonchev–Trinajstić information content (AvgIpc) is 2.41. The molecule has 2 rings (SSSR count). The van der Waals surface area contributed by atoms with Crippen LogP contribution in [0, 0.1) is 10.1 Å². The number of nitro benzene ring substituents is 1. The molecule has 0 radical (unpaired) electrons. The Morgan fingerprint density at radius 2 is 2.05 bits per heavy atom. The van der Waals surface area contributed by atoms with Gasteiger partial charge in [-0.05, 0) is 18.2 Å². The number of nitro groups is 1. The van der Waals surface area contributed by atoms with Crippen LogP contribution in [0.1, 0.15) is 0 Å². The number of nitrogens with zero attached hydrogens (tertiary/aromatic N) is 1. The number of phenolic OH excluding ortho intramolecular Hbond substituents is 1. The minimum absolute atomic E-state index is 0.0525. The van der Waals surface area contributed by atoms with Crippen molar-refractivity contribution in [2.45, 2.75) is 0 Å². The molecule has 0 aliphatic rings. The van der Waals surface area contributed by atoms with Gasteiger partial charge in [0.1, 0.15) is 11.5 Å². The molecule has 19 heavy (non-hydrogen) atoms. The number of esters is 1. The van der Waals surface area contributed by atoms with Gasteiger partial charge in [-0.2, -0.15) is 0 Å². The van der Waals surface area contributed by atoms with Crippen molar-refractivity contribution in [1.29, 1.82) is 0 Å². The number of aromatic hydroxyl groups is 1. The van der Waals surface area contributed by atoms with E-state index in [0.717, 1.165) is 6.08 Å². The van der Waals surface area contributed by atoms with E-state index in [1.807, 2.05) is 0 Å². The summed E-state index contributed by atoms with van der Waals surface area (Å²) >= 11 is 0. The molecule has 0 unspecified atom stereocenters. The molecule has 0 aromatic heterocycles. The van der Waals surface area contributed by atoms with Gasteiger partial charge in [0, 0.05) is 29.0 Å². The smallest absolute Gasteiger partial charge is 0.335 e. The summed E-state index contributed by atoms with van der Waals surface area (Å²) in [5.74, 6) is -0.608. The maximum Gasteiger partial charge on any atom is 0.335 e. The Morgan fingerprint density at radius 1 is 1.32 bits per heavy atom. The van der Waals surface area contributed by atoms with E-state index in [1.165, 1.54) is 30.3 Å². The molecule has 0 fully saturated rings. The molecule has 0 spiro atoms. The van der Waals surface area contributed by atoms with Crippen molar-refractivity contribution in [3.63, 3.8) is 0 Å². The van der Waals surface area contributed by atoms with E-state index >= 15 is 0 Å². The lowest BCUT2D eigenvalue weighted by atomic mass is 10.1. The molecule has 6 heteroatoms. The van der Waals surface area contributed by atoms with E-state index in [0.29, 0.717) is 5.39 Å². The SMILES string of the molecule is C=CC(=O)Oc1ccc(O)c2ccc([N+](=O)[O-])cc12. The highest BCUT2D eigenvalue weighted by molar-refractivity contribution is 5.96. The van der Waals surface area contributed by atoms with Gasteiger partial charge in [0.05, 0.1) is 4.92 Å². The zero-order valence-electron chi connectivity index (χ0n) is 9.70. The minimum Gasteiger partial charge on any atom is -0.507 e. The summed E-state index contributed by atoms with van der Waals surface area (Å²) in [6, 6.07) is 6.61. The van der Waals surface area contributed by atoms with Crippen molar-refractivity contribution in [1.82, 2.24) is 0 Å². The van der Waals surface area contributed by atoms with Gasteiger partial charge in [0.2, 0.25) is 0 Å². The minimum atomic E-state index is -0.682. The Balaban J connectivity index is 2.66. The maximum atomic E-state index is 11.2. The molecule has 0 aliphatic carbocycles. The summed E-state index contributed by atoms with van der Waals surface area (Å²) in [5, 5.41) is 21.1. The molecule has 0 atom stereocenters. The molecule has 0 bridgehead atoms. The standard InChI is InChI=1S/C13H9NO5/c1-2-13(16)19-12-6-5-11(15)9-4-3-8(14(17)18)7-10(9)12/h2-7,15H,1H2. The van der Waals surface area contributed by atoms with Crippen LogP contribution in [-0.2, 0) is 4.79 Å². The van der Waals surface area contributed by atoms with E-state index in [-0.39, 0.29) is 22.6 Å². The molecule has 1 N–H and O–H groups in total. The largest absolute Gasteiger partial charge is 0.507 e. The highest BCUT2D eigenvalue weighted by Crippen LogP contribution is 2.34. The lowest BCUT2D eigenvalue weighted by Crippen LogP contribution is -2.03. The first-order valence-electron chi connectivity index (χ1n) is 5.27. The normalized spacial score (nSPS) is 10.1. The molecule has 6 nitrogen and oxygen atoms in total. The number of non-ortho nitro benzene ring substituents is 1. The van der Waals surface area contributed by atoms with Gasteiger partial charge in [-0.15, -0.1) is 0 Å². The molecule has 0 heterocycles. The number of ether oxygens (including phenoxy) is 1. The molecular weight excluding hydrogens is 250 g/mol. The second-order valence-corrected chi connectivity index (χ2v) is 3.70. The molecule has 2 aromatic carbocycles. The fourth-order valence-electron chi connectivity index (χ4n) is 1.65. The first kappa shape index (κ1) is 12.6. The monoisotopic (exact) mass is 259 g/mol. The third-order valence-corrected chi connectivity index (χ3v) is 2.53. The van der Waals surface area contributed by atoms with Gasteiger partial charge < -0.3 is 9.84 Å². The summed E-state index contributed by atoms with van der Waals surface area (Å²) in [5.41, 5.74) is -0.158. The Bertz CT molecular complexity index is 693. The quantitative estimate of drug-likeness (QED) is 0.301. The third-order valence-electron chi connectivity index (χ3n) is 2.53. The molecular formula is C13H9NO5. The van der Waals surface area contributed by atoms with Crippen LogP contribution in [0.25, 0.3) is 10.8 Å². The van der Waals surface area contributed by atoms with Crippen molar-refractivity contribution >= 4 is 22.4 Å². The number of phenols is 1. The number of hydrogen-bond donors (Lipinski definition) is 1. The van der Waals surface area contributed by atoms with Crippen LogP contribution in [0.2, 0.25) is 0 Å². The maximum absolute atomic E-state index is 11.2. The second kappa shape index (κ2) is 4.77. The van der Waals surface area contributed by atoms with Crippen LogP contribution in [0.5, 0.6) is 11.5 Å². The first-order valence-corrected chi connectivity index (χ1v) is 5.27. The summed E-state index contributed by atoms with van der Waals surface area (Å²) in [6.07, 6.45) is 0.982. The third kappa shape index (κ3) is 2.37. The Kier molecular flexibility index (Phi) is 3.15. The van der Waals surface area contributed by atoms with Gasteiger partial charge in [-0.1, -0.05) is 6.58 Å². The second-order valence-electron chi connectivity index (χ2n) is 3.70. The van der Waals surface area contributed by atoms with E-state index in [1.54, 1.807) is 0 Å². The predicted molar refractivity (Wildman–Crippen MR) is 68.1 cm³/mol. The average molecular weight is 259 g/mol. The summed E-state index contributed by atoms with van der Waals surface area (Å²) in [6.45, 7) is 3.27. The molecule has 0 saturated heterocycles. The molecule has 96 valence electrons. The Hall–Kier alpha value is -2.89. The number of carbonyl (C=O) groups excluding carboxylic acids is 1. The van der Waals surface area contributed by atoms with Gasteiger partial charge in [-0.3, -0.25) is 10.1 Å². The highest BCUT2D eigenvalue weighted by Gasteiger charge is 2.13. The van der Waals surface area contributed by atoms with E-state index in [9.17, 15) is 20.0 Å². The number of carbonyl (C=O) groups is 1. The van der Waals surface area contributed by atoms with Gasteiger partial charge in [-0.25, -0.2) is 4.79 Å². The van der Waals surface area contributed by atoms with Crippen LogP contribution in [0.15, 0.2) is 43.0 Å². The van der Waals surface area contributed by atoms with E-state index < -0.39 is 10.9 Å². The van der Waals surface area contributed by atoms with Crippen LogP contribution >= 0.6 is 0 Å². The molecule has 0 saturated carbocycles. The highest BCUT2D eigenvalue weighted by atomic mass is 16.6. The summed E-state index contributed by atoms with van der Waals surface area (Å²) in [4.78, 5) is 21.4. The number of rotatable bonds is 3. The number of hydrogen-bond acceptors (Lipinski definition) is 5. The lowest BCUT2D eigenvalue weighted by Gasteiger charge is -2.07. The summed E-state index contributed by atoms with van der Waals surface area (Å²) < 4.78 is 4.98. The van der Waals surface area contributed by atoms with Crippen molar-refractivity contribution in [3.05, 3.63) is 53.1 Å². The van der Waals surface area contributed by atoms with Crippen LogP contribution < -0.4 is 4.74 Å². The lowest BCUT2D eigenvalue weighted by molar-refractivity contribution is -0.384. The Morgan fingerprint density at radius 3 is 2.68 bits per heavy atom. The van der Waals surface area contributed by atoms with Gasteiger partial charge in [0.25, 0.3) is 5.69 Å². The topological polar surface area (TPSA) is 89.7 Å². The van der Waals surface area contributed by atoms with E-state index in [4.69, 9.17) is 4.74 Å². The zero-order chi connectivity index (χ0) is 14.0. The number of benzene rings is 2.